The zero-order chi connectivity index (χ0) is 18.7. The molecule has 0 saturated carbocycles. The summed E-state index contributed by atoms with van der Waals surface area (Å²) in [4.78, 5) is 21.8. The normalized spacial score (nSPS) is 21.8. The second kappa shape index (κ2) is 5.90. The number of rotatable bonds is 1. The van der Waals surface area contributed by atoms with Crippen molar-refractivity contribution in [2.45, 2.75) is 25.1 Å². The van der Waals surface area contributed by atoms with Crippen LogP contribution in [0, 0.1) is 0 Å². The van der Waals surface area contributed by atoms with Crippen LogP contribution in [0.25, 0.3) is 21.9 Å². The van der Waals surface area contributed by atoms with Gasteiger partial charge in [0.2, 0.25) is 0 Å². The zero-order valence-corrected chi connectivity index (χ0v) is 15.3. The predicted molar refractivity (Wildman–Crippen MR) is 108 cm³/mol. The van der Waals surface area contributed by atoms with Gasteiger partial charge in [0.05, 0.1) is 17.5 Å². The number of hydrogen-bond donors (Lipinski definition) is 2. The molecule has 6 rings (SSSR count). The van der Waals surface area contributed by atoms with Crippen molar-refractivity contribution in [2.75, 3.05) is 22.9 Å². The summed E-state index contributed by atoms with van der Waals surface area (Å²) in [5.74, 6) is 1.91. The minimum Gasteiger partial charge on any atom is -0.391 e. The first-order chi connectivity index (χ1) is 13.8. The lowest BCUT2D eigenvalue weighted by Crippen LogP contribution is -2.38. The molecule has 7 heteroatoms. The van der Waals surface area contributed by atoms with Crippen LogP contribution in [0.15, 0.2) is 48.9 Å². The number of benzene rings is 1. The summed E-state index contributed by atoms with van der Waals surface area (Å²) < 4.78 is 0. The number of nitrogens with zero attached hydrogens (tertiary/aromatic N) is 5. The van der Waals surface area contributed by atoms with Gasteiger partial charge in [-0.1, -0.05) is 24.3 Å². The highest BCUT2D eigenvalue weighted by molar-refractivity contribution is 6.11. The number of aromatic amines is 1. The molecule has 1 aromatic carbocycles. The van der Waals surface area contributed by atoms with Gasteiger partial charge in [-0.05, 0) is 18.6 Å². The van der Waals surface area contributed by atoms with E-state index in [4.69, 9.17) is 4.98 Å². The van der Waals surface area contributed by atoms with Gasteiger partial charge in [0.1, 0.15) is 23.6 Å². The van der Waals surface area contributed by atoms with Crippen molar-refractivity contribution in [3.63, 3.8) is 0 Å². The number of aromatic nitrogens is 4. The Morgan fingerprint density at radius 3 is 2.89 bits per heavy atom. The molecule has 4 aromatic rings. The molecule has 1 saturated heterocycles. The molecule has 0 radical (unpaired) electrons. The standard InChI is InChI=1S/C21H20N6O/c28-15-8-14-10-26(9-13-4-3-7-22-20(13)27(14)11-15)21-18-16-5-1-2-6-17(16)25-19(18)23-12-24-21/h1-7,12,14-15,28H,8-11H2,(H,23,24,25)/t14-,15-/m1/s1. The third-order valence-electron chi connectivity index (χ3n) is 5.90. The van der Waals surface area contributed by atoms with Crippen molar-refractivity contribution in [3.8, 4) is 0 Å². The summed E-state index contributed by atoms with van der Waals surface area (Å²) in [7, 11) is 0. The van der Waals surface area contributed by atoms with Crippen molar-refractivity contribution < 1.29 is 5.11 Å². The molecule has 0 aliphatic carbocycles. The Morgan fingerprint density at radius 1 is 1.00 bits per heavy atom. The van der Waals surface area contributed by atoms with Crippen molar-refractivity contribution in [3.05, 3.63) is 54.5 Å². The average Bonchev–Trinajstić information content (AvgIpc) is 3.23. The molecule has 2 aliphatic rings. The fourth-order valence-corrected chi connectivity index (χ4v) is 4.72. The van der Waals surface area contributed by atoms with E-state index >= 15 is 0 Å². The topological polar surface area (TPSA) is 81.2 Å². The molecular formula is C21H20N6O. The van der Waals surface area contributed by atoms with Crippen LogP contribution in [0.3, 0.4) is 0 Å². The van der Waals surface area contributed by atoms with Gasteiger partial charge in [-0.25, -0.2) is 15.0 Å². The number of anilines is 2. The van der Waals surface area contributed by atoms with E-state index in [0.29, 0.717) is 6.54 Å². The Hall–Kier alpha value is -3.19. The van der Waals surface area contributed by atoms with Crippen LogP contribution in [0.4, 0.5) is 11.6 Å². The quantitative estimate of drug-likeness (QED) is 0.534. The SMILES string of the molecule is O[C@@H]1C[C@@H]2CN(c3ncnc4[nH]c5ccccc5c34)Cc3cccnc3N2C1. The number of aliphatic hydroxyl groups is 1. The maximum absolute atomic E-state index is 10.3. The summed E-state index contributed by atoms with van der Waals surface area (Å²) >= 11 is 0. The second-order valence-corrected chi connectivity index (χ2v) is 7.65. The highest BCUT2D eigenvalue weighted by Crippen LogP contribution is 2.36. The van der Waals surface area contributed by atoms with Gasteiger partial charge in [-0.3, -0.25) is 0 Å². The molecule has 0 unspecified atom stereocenters. The lowest BCUT2D eigenvalue weighted by molar-refractivity contribution is 0.194. The number of nitrogens with one attached hydrogen (secondary N) is 1. The molecule has 2 N–H and O–H groups in total. The van der Waals surface area contributed by atoms with Crippen molar-refractivity contribution in [1.82, 2.24) is 19.9 Å². The molecule has 7 nitrogen and oxygen atoms in total. The molecule has 2 aliphatic heterocycles. The predicted octanol–water partition coefficient (Wildman–Crippen LogP) is 2.47. The van der Waals surface area contributed by atoms with E-state index in [-0.39, 0.29) is 12.1 Å². The Morgan fingerprint density at radius 2 is 1.93 bits per heavy atom. The minimum absolute atomic E-state index is 0.210. The zero-order valence-electron chi connectivity index (χ0n) is 15.3. The Bertz CT molecular complexity index is 1190. The van der Waals surface area contributed by atoms with Gasteiger partial charge in [0.25, 0.3) is 0 Å². The Labute approximate surface area is 161 Å². The summed E-state index contributed by atoms with van der Waals surface area (Å²) in [6.45, 7) is 2.16. The minimum atomic E-state index is -0.321. The lowest BCUT2D eigenvalue weighted by Gasteiger charge is -2.27. The van der Waals surface area contributed by atoms with Crippen molar-refractivity contribution in [1.29, 1.82) is 0 Å². The third kappa shape index (κ3) is 2.29. The second-order valence-electron chi connectivity index (χ2n) is 7.65. The summed E-state index contributed by atoms with van der Waals surface area (Å²) in [6.07, 6.45) is 3.88. The first-order valence-electron chi connectivity index (χ1n) is 9.63. The highest BCUT2D eigenvalue weighted by Gasteiger charge is 2.37. The van der Waals surface area contributed by atoms with Crippen molar-refractivity contribution >= 4 is 33.6 Å². The molecule has 0 amide bonds. The number of pyridine rings is 1. The van der Waals surface area contributed by atoms with Crippen LogP contribution in [-0.4, -0.2) is 50.3 Å². The molecule has 1 fully saturated rings. The molecule has 28 heavy (non-hydrogen) atoms. The van der Waals surface area contributed by atoms with Crippen LogP contribution in [-0.2, 0) is 6.54 Å². The van der Waals surface area contributed by atoms with Gasteiger partial charge >= 0.3 is 0 Å². The van der Waals surface area contributed by atoms with E-state index in [2.05, 4.69) is 43.0 Å². The first kappa shape index (κ1) is 15.8. The molecule has 140 valence electrons. The number of aliphatic hydroxyl groups excluding tert-OH is 1. The smallest absolute Gasteiger partial charge is 0.143 e. The van der Waals surface area contributed by atoms with Crippen LogP contribution in [0.2, 0.25) is 0 Å². The maximum Gasteiger partial charge on any atom is 0.143 e. The summed E-state index contributed by atoms with van der Waals surface area (Å²) in [5.41, 5.74) is 3.07. The number of hydrogen-bond acceptors (Lipinski definition) is 6. The molecule has 0 spiro atoms. The molecular weight excluding hydrogens is 352 g/mol. The number of para-hydroxylation sites is 1. The Kier molecular flexibility index (Phi) is 3.34. The fraction of sp³-hybridized carbons (Fsp3) is 0.286. The number of H-pyrrole nitrogens is 1. The van der Waals surface area contributed by atoms with E-state index in [1.165, 1.54) is 0 Å². The van der Waals surface area contributed by atoms with Crippen LogP contribution in [0.1, 0.15) is 12.0 Å². The van der Waals surface area contributed by atoms with E-state index in [9.17, 15) is 5.11 Å². The van der Waals surface area contributed by atoms with E-state index < -0.39 is 0 Å². The van der Waals surface area contributed by atoms with E-state index in [0.717, 1.165) is 58.6 Å². The van der Waals surface area contributed by atoms with Crippen molar-refractivity contribution in [2.24, 2.45) is 0 Å². The van der Waals surface area contributed by atoms with Crippen LogP contribution >= 0.6 is 0 Å². The fourth-order valence-electron chi connectivity index (χ4n) is 4.72. The third-order valence-corrected chi connectivity index (χ3v) is 5.90. The molecule has 0 bridgehead atoms. The van der Waals surface area contributed by atoms with Gasteiger partial charge in [0, 0.05) is 42.3 Å². The molecule has 2 atom stereocenters. The summed E-state index contributed by atoms with van der Waals surface area (Å²) in [5, 5.41) is 12.5. The lowest BCUT2D eigenvalue weighted by atomic mass is 10.1. The first-order valence-corrected chi connectivity index (χ1v) is 9.63. The van der Waals surface area contributed by atoms with Gasteiger partial charge in [-0.2, -0.15) is 0 Å². The molecule has 5 heterocycles. The Balaban J connectivity index is 1.54. The van der Waals surface area contributed by atoms with Crippen LogP contribution in [0.5, 0.6) is 0 Å². The number of fused-ring (bicyclic) bond motifs is 6. The van der Waals surface area contributed by atoms with E-state index in [1.54, 1.807) is 6.33 Å². The van der Waals surface area contributed by atoms with Gasteiger partial charge in [-0.15, -0.1) is 0 Å². The largest absolute Gasteiger partial charge is 0.391 e. The van der Waals surface area contributed by atoms with Gasteiger partial charge < -0.3 is 19.9 Å². The highest BCUT2D eigenvalue weighted by atomic mass is 16.3. The maximum atomic E-state index is 10.3. The summed E-state index contributed by atoms with van der Waals surface area (Å²) in [6, 6.07) is 12.6. The molecule has 3 aromatic heterocycles. The average molecular weight is 372 g/mol. The van der Waals surface area contributed by atoms with Gasteiger partial charge in [0.15, 0.2) is 0 Å². The van der Waals surface area contributed by atoms with E-state index in [1.807, 2.05) is 24.4 Å². The monoisotopic (exact) mass is 372 g/mol. The van der Waals surface area contributed by atoms with Crippen LogP contribution < -0.4 is 9.80 Å².